The van der Waals surface area contributed by atoms with Crippen LogP contribution in [0.25, 0.3) is 11.2 Å². The third-order valence-electron chi connectivity index (χ3n) is 6.12. The van der Waals surface area contributed by atoms with Gasteiger partial charge in [-0.25, -0.2) is 9.97 Å². The Labute approximate surface area is 230 Å². The first-order valence-electron chi connectivity index (χ1n) is 10.3. The molecule has 1 aliphatic carbocycles. The quantitative estimate of drug-likeness (QED) is 0.493. The van der Waals surface area contributed by atoms with E-state index in [9.17, 15) is 0 Å². The van der Waals surface area contributed by atoms with E-state index in [1.807, 2.05) is 38.4 Å². The van der Waals surface area contributed by atoms with Gasteiger partial charge in [0.2, 0.25) is 5.95 Å². The van der Waals surface area contributed by atoms with E-state index in [2.05, 4.69) is 38.1 Å². The van der Waals surface area contributed by atoms with E-state index in [1.165, 1.54) is 0 Å². The minimum atomic E-state index is -0.530. The number of hydrogen-bond donors (Lipinski definition) is 1. The molecule has 0 radical (unpaired) electrons. The summed E-state index contributed by atoms with van der Waals surface area (Å²) < 4.78 is 20.4. The molecular weight excluding hydrogens is 468 g/mol. The van der Waals surface area contributed by atoms with Crippen LogP contribution >= 0.6 is 0 Å². The average molecular weight is 494 g/mol. The van der Waals surface area contributed by atoms with E-state index >= 15 is 0 Å². The molecule has 0 bridgehead atoms. The summed E-state index contributed by atoms with van der Waals surface area (Å²) in [6.07, 6.45) is 4.63. The van der Waals surface area contributed by atoms with Crippen molar-refractivity contribution in [3.63, 3.8) is 0 Å². The molecule has 3 aromatic rings. The van der Waals surface area contributed by atoms with E-state index in [1.54, 1.807) is 0 Å². The van der Waals surface area contributed by atoms with E-state index in [4.69, 9.17) is 19.9 Å². The van der Waals surface area contributed by atoms with Crippen LogP contribution in [0.5, 0.6) is 0 Å². The second kappa shape index (κ2) is 9.63. The molecular formula is C22H26N5O3Rb. The van der Waals surface area contributed by atoms with Crippen LogP contribution in [0.15, 0.2) is 36.7 Å². The number of nitrogens with zero attached hydrogens (tertiary/aromatic N) is 4. The van der Waals surface area contributed by atoms with Gasteiger partial charge >= 0.3 is 58.2 Å². The van der Waals surface area contributed by atoms with Gasteiger partial charge in [0.1, 0.15) is 5.52 Å². The predicted octanol–water partition coefficient (Wildman–Crippen LogP) is -0.165. The zero-order valence-electron chi connectivity index (χ0n) is 18.2. The molecule has 2 fully saturated rings. The van der Waals surface area contributed by atoms with Gasteiger partial charge in [-0.3, -0.25) is 0 Å². The summed E-state index contributed by atoms with van der Waals surface area (Å²) in [4.78, 5) is 13.2. The molecule has 1 unspecified atom stereocenters. The van der Waals surface area contributed by atoms with Gasteiger partial charge in [-0.05, 0) is 19.4 Å². The maximum absolute atomic E-state index is 6.41. The number of nitrogens with two attached hydrogens (primary N) is 1. The number of rotatable bonds is 5. The number of nitrogen functional groups attached to an aromatic ring is 1. The number of benzene rings is 1. The van der Waals surface area contributed by atoms with Gasteiger partial charge in [-0.2, -0.15) is 11.4 Å². The molecule has 0 amide bonds. The molecule has 2 aromatic heterocycles. The Morgan fingerprint density at radius 2 is 2.10 bits per heavy atom. The number of aryl methyl sites for hydroxylation is 1. The molecule has 1 aromatic carbocycles. The second-order valence-electron chi connectivity index (χ2n) is 8.04. The van der Waals surface area contributed by atoms with Crippen LogP contribution in [-0.4, -0.2) is 44.6 Å². The molecule has 4 atom stereocenters. The number of imidazole rings is 1. The molecule has 158 valence electrons. The van der Waals surface area contributed by atoms with E-state index in [0.29, 0.717) is 19.8 Å². The van der Waals surface area contributed by atoms with Crippen LogP contribution in [0.1, 0.15) is 30.6 Å². The van der Waals surface area contributed by atoms with Crippen molar-refractivity contribution in [3.05, 3.63) is 54.3 Å². The van der Waals surface area contributed by atoms with Gasteiger partial charge in [-0.1, -0.05) is 30.3 Å². The van der Waals surface area contributed by atoms with Crippen molar-refractivity contribution in [1.29, 1.82) is 0 Å². The van der Waals surface area contributed by atoms with E-state index in [-0.39, 0.29) is 82.4 Å². The van der Waals surface area contributed by atoms with E-state index in [0.717, 1.165) is 28.8 Å². The van der Waals surface area contributed by atoms with Gasteiger partial charge in [0.05, 0.1) is 30.8 Å². The minimum absolute atomic E-state index is 0. The first-order valence-corrected chi connectivity index (χ1v) is 10.3. The molecule has 1 aliphatic heterocycles. The molecule has 1 saturated heterocycles. The number of anilines is 1. The number of aromatic nitrogens is 4. The third-order valence-corrected chi connectivity index (χ3v) is 6.12. The Morgan fingerprint density at radius 1 is 1.29 bits per heavy atom. The van der Waals surface area contributed by atoms with Crippen molar-refractivity contribution in [2.75, 3.05) is 18.9 Å². The molecule has 1 saturated carbocycles. The second-order valence-corrected chi connectivity index (χ2v) is 8.04. The maximum atomic E-state index is 6.41. The summed E-state index contributed by atoms with van der Waals surface area (Å²) in [5.74, 6) is 0.339. The summed E-state index contributed by atoms with van der Waals surface area (Å²) in [6, 6.07) is 10.2. The Hall–Kier alpha value is -0.745. The normalized spacial score (nSPS) is 27.7. The largest absolute Gasteiger partial charge is 1.00 e. The first-order chi connectivity index (χ1) is 14.6. The summed E-state index contributed by atoms with van der Waals surface area (Å²) in [6.45, 7) is 5.45. The van der Waals surface area contributed by atoms with Crippen molar-refractivity contribution >= 4 is 17.1 Å². The van der Waals surface area contributed by atoms with Gasteiger partial charge in [0.15, 0.2) is 11.9 Å². The van der Waals surface area contributed by atoms with Crippen LogP contribution in [0.3, 0.4) is 0 Å². The Kier molecular flexibility index (Phi) is 7.27. The molecule has 5 rings (SSSR count). The van der Waals surface area contributed by atoms with Gasteiger partial charge < -0.3 is 30.9 Å². The Bertz CT molecular complexity index is 1050. The standard InChI is InChI=1S/C22H26N5O3.Rb/c1-14-19-20(26-21(23)25-14)27(13-24-19)18-9-8-17(22(18)12-29-15(2)30-22)11-28-10-16-6-4-3-5-7-16;/h3-8,13,15,17-18H,9-12H2,1-2H3,(H2,23,25,26);/q-1;+1/t15?,17-,18-,22-;/m0./s1. The summed E-state index contributed by atoms with van der Waals surface area (Å²) in [5.41, 5.74) is 8.80. The number of ether oxygens (including phenoxy) is 3. The monoisotopic (exact) mass is 493 g/mol. The fourth-order valence-electron chi connectivity index (χ4n) is 4.68. The fraction of sp³-hybridized carbons (Fsp3) is 0.455. The molecule has 3 heterocycles. The third kappa shape index (κ3) is 4.40. The SMILES string of the molecule is Cc1nc(N)nc2c1ncn2[C@H]1C[CH-][C@@H](COCc2ccccc2)[C@@]12COC(C)O2.[Rb+]. The molecule has 8 nitrogen and oxygen atoms in total. The average Bonchev–Trinajstić information content (AvgIpc) is 3.41. The topological polar surface area (TPSA) is 97.3 Å². The van der Waals surface area contributed by atoms with Crippen molar-refractivity contribution < 1.29 is 72.4 Å². The number of hydrogen-bond acceptors (Lipinski definition) is 7. The summed E-state index contributed by atoms with van der Waals surface area (Å²) in [5, 5.41) is 0. The van der Waals surface area contributed by atoms with Crippen LogP contribution < -0.4 is 63.9 Å². The Balaban J connectivity index is 0.00000231. The van der Waals surface area contributed by atoms with Crippen LogP contribution in [0.2, 0.25) is 0 Å². The summed E-state index contributed by atoms with van der Waals surface area (Å²) >= 11 is 0. The molecule has 9 heteroatoms. The van der Waals surface area contributed by atoms with Crippen LogP contribution in [0, 0.1) is 19.3 Å². The summed E-state index contributed by atoms with van der Waals surface area (Å²) in [7, 11) is 0. The smallest absolute Gasteiger partial charge is 0.379 e. The molecule has 2 aliphatic rings. The van der Waals surface area contributed by atoms with Gasteiger partial charge in [0, 0.05) is 12.6 Å². The molecule has 31 heavy (non-hydrogen) atoms. The van der Waals surface area contributed by atoms with Gasteiger partial charge in [-0.15, -0.1) is 5.92 Å². The maximum Gasteiger partial charge on any atom is 1.00 e. The van der Waals surface area contributed by atoms with Crippen LogP contribution in [-0.2, 0) is 20.8 Å². The Morgan fingerprint density at radius 3 is 2.84 bits per heavy atom. The minimum Gasteiger partial charge on any atom is -0.379 e. The van der Waals surface area contributed by atoms with Crippen LogP contribution in [0.4, 0.5) is 5.95 Å². The first kappa shape index (κ1) is 23.4. The van der Waals surface area contributed by atoms with Crippen molar-refractivity contribution in [2.24, 2.45) is 5.92 Å². The fourth-order valence-corrected chi connectivity index (χ4v) is 4.68. The van der Waals surface area contributed by atoms with Crippen molar-refractivity contribution in [3.8, 4) is 0 Å². The predicted molar refractivity (Wildman–Crippen MR) is 111 cm³/mol. The van der Waals surface area contributed by atoms with Crippen molar-refractivity contribution in [1.82, 2.24) is 19.5 Å². The van der Waals surface area contributed by atoms with Crippen molar-refractivity contribution in [2.45, 2.75) is 44.8 Å². The van der Waals surface area contributed by atoms with E-state index < -0.39 is 5.60 Å². The van der Waals surface area contributed by atoms with Gasteiger partial charge in [0.25, 0.3) is 0 Å². The molecule has 2 N–H and O–H groups in total. The zero-order valence-corrected chi connectivity index (χ0v) is 23.1. The number of fused-ring (bicyclic) bond motifs is 1. The molecule has 1 spiro atoms. The zero-order chi connectivity index (χ0) is 20.7.